The van der Waals surface area contributed by atoms with E-state index >= 15 is 0 Å². The number of rotatable bonds is 9. The first-order valence-electron chi connectivity index (χ1n) is 18.9. The first kappa shape index (κ1) is 51.5. The molecule has 0 aliphatic heterocycles. The maximum atomic E-state index is 11.7. The molecular weight excluding hydrogens is 895 g/mol. The average Bonchev–Trinajstić information content (AvgIpc) is 3.31. The van der Waals surface area contributed by atoms with Crippen LogP contribution in [0.15, 0.2) is 176 Å². The maximum Gasteiger partial charge on any atom is 0.300 e. The summed E-state index contributed by atoms with van der Waals surface area (Å²) < 4.78 is 0. The molecule has 3 aromatic carbocycles. The van der Waals surface area contributed by atoms with Crippen molar-refractivity contribution < 1.29 is 54.9 Å². The zero-order chi connectivity index (χ0) is 45.1. The summed E-state index contributed by atoms with van der Waals surface area (Å²) in [6, 6.07) is 47.1. The largest absolute Gasteiger partial charge is 0.481 e. The normalized spacial score (nSPS) is 9.35. The van der Waals surface area contributed by atoms with Crippen LogP contribution >= 0.6 is 0 Å². The molecule has 0 saturated heterocycles. The van der Waals surface area contributed by atoms with Crippen molar-refractivity contribution in [3.05, 3.63) is 193 Å². The number of nitrogens with one attached hydrogen (secondary N) is 2. The van der Waals surface area contributed by atoms with E-state index in [4.69, 9.17) is 24.9 Å². The molecule has 7 rings (SSSR count). The average molecular weight is 943 g/mol. The van der Waals surface area contributed by atoms with Gasteiger partial charge in [-0.25, -0.2) is 19.9 Å². The molecule has 0 aliphatic carbocycles. The van der Waals surface area contributed by atoms with Crippen LogP contribution in [0.5, 0.6) is 0 Å². The minimum atomic E-state index is -0.833. The van der Waals surface area contributed by atoms with Crippen molar-refractivity contribution in [2.75, 3.05) is 23.9 Å². The van der Waals surface area contributed by atoms with Gasteiger partial charge in [-0.15, -0.1) is 0 Å². The Balaban J connectivity index is 0.000000319. The number of hydrogen-bond donors (Lipinski definition) is 5. The standard InChI is InChI=1S/2C18H16N4O.C7H8O.2C2H4O2.Pd/c2*1-19-18(23)14-8-10-15(11-9-14)22(16-6-2-4-12-20-16)17-7-3-5-13-21-17;8-6-7-4-2-1-3-5-7;2*1-2(3)4;/h2*2-13H,1H3,(H,19,23);1-5,8H,6H2;2*1H3,(H,3,4);. The molecule has 0 atom stereocenters. The summed E-state index contributed by atoms with van der Waals surface area (Å²) in [6.45, 7) is 2.31. The Bertz CT molecular complexity index is 2130. The number of nitrogens with zero attached hydrogens (tertiary/aromatic N) is 6. The number of aliphatic hydroxyl groups excluding tert-OH is 1. The van der Waals surface area contributed by atoms with Gasteiger partial charge in [-0.05, 0) is 103 Å². The summed E-state index contributed by atoms with van der Waals surface area (Å²) in [5, 5.41) is 28.6. The van der Waals surface area contributed by atoms with Crippen molar-refractivity contribution >= 4 is 58.4 Å². The van der Waals surface area contributed by atoms with Gasteiger partial charge >= 0.3 is 0 Å². The first-order chi connectivity index (χ1) is 30.0. The summed E-state index contributed by atoms with van der Waals surface area (Å²) >= 11 is 0. The number of aliphatic carboxylic acids is 2. The predicted molar refractivity (Wildman–Crippen MR) is 239 cm³/mol. The van der Waals surface area contributed by atoms with E-state index < -0.39 is 11.9 Å². The van der Waals surface area contributed by atoms with E-state index in [2.05, 4.69) is 30.6 Å². The molecule has 5 N–H and O–H groups in total. The third kappa shape index (κ3) is 18.3. The van der Waals surface area contributed by atoms with Crippen molar-refractivity contribution in [1.82, 2.24) is 30.6 Å². The first-order valence-corrected chi connectivity index (χ1v) is 18.9. The maximum absolute atomic E-state index is 11.7. The molecule has 2 amide bonds. The van der Waals surface area contributed by atoms with Crippen molar-refractivity contribution in [1.29, 1.82) is 0 Å². The number of carbonyl (C=O) groups is 4. The fraction of sp³-hybridized carbons (Fsp3) is 0.106. The molecule has 328 valence electrons. The molecule has 0 aliphatic rings. The zero-order valence-electron chi connectivity index (χ0n) is 34.9. The van der Waals surface area contributed by atoms with Crippen LogP contribution < -0.4 is 20.4 Å². The summed E-state index contributed by atoms with van der Waals surface area (Å²) in [6.07, 6.45) is 6.96. The molecule has 7 aromatic rings. The Hall–Kier alpha value is -7.64. The van der Waals surface area contributed by atoms with E-state index in [1.165, 1.54) is 0 Å². The third-order valence-electron chi connectivity index (χ3n) is 7.77. The Morgan fingerprint density at radius 1 is 0.460 bits per heavy atom. The topological polar surface area (TPSA) is 211 Å². The fourth-order valence-electron chi connectivity index (χ4n) is 5.10. The minimum Gasteiger partial charge on any atom is -0.481 e. The van der Waals surface area contributed by atoms with E-state index in [-0.39, 0.29) is 38.8 Å². The molecule has 63 heavy (non-hydrogen) atoms. The van der Waals surface area contributed by atoms with E-state index in [0.29, 0.717) is 11.1 Å². The van der Waals surface area contributed by atoms with Gasteiger partial charge in [0.1, 0.15) is 23.3 Å². The van der Waals surface area contributed by atoms with Gasteiger partial charge in [-0.2, -0.15) is 0 Å². The monoisotopic (exact) mass is 942 g/mol. The zero-order valence-corrected chi connectivity index (χ0v) is 36.5. The number of carboxylic acids is 2. The second-order valence-corrected chi connectivity index (χ2v) is 12.4. The van der Waals surface area contributed by atoms with Crippen LogP contribution in [0.4, 0.5) is 34.6 Å². The summed E-state index contributed by atoms with van der Waals surface area (Å²) in [5.74, 6) is 1.16. The number of aliphatic hydroxyl groups is 1. The number of benzene rings is 3. The van der Waals surface area contributed by atoms with Gasteiger partial charge in [0.2, 0.25) is 0 Å². The van der Waals surface area contributed by atoms with Crippen molar-refractivity contribution in [3.8, 4) is 0 Å². The molecule has 0 spiro atoms. The van der Waals surface area contributed by atoms with E-state index in [1.807, 2.05) is 137 Å². The number of pyridine rings is 4. The quantitative estimate of drug-likeness (QED) is 0.0871. The van der Waals surface area contributed by atoms with E-state index in [1.54, 1.807) is 63.1 Å². The Labute approximate surface area is 379 Å². The molecular formula is C47H48N8O7Pd. The molecule has 0 radical (unpaired) electrons. The second-order valence-electron chi connectivity index (χ2n) is 12.4. The number of carbonyl (C=O) groups excluding carboxylic acids is 2. The Morgan fingerprint density at radius 2 is 0.730 bits per heavy atom. The van der Waals surface area contributed by atoms with Crippen molar-refractivity contribution in [2.45, 2.75) is 20.5 Å². The number of amides is 2. The van der Waals surface area contributed by atoms with Gasteiger partial charge < -0.3 is 26.0 Å². The molecule has 4 aromatic heterocycles. The molecule has 16 heteroatoms. The molecule has 0 saturated carbocycles. The minimum absolute atomic E-state index is 0. The van der Waals surface area contributed by atoms with Gasteiger partial charge in [0.25, 0.3) is 23.8 Å². The van der Waals surface area contributed by atoms with Crippen LogP contribution in [0.1, 0.15) is 40.1 Å². The van der Waals surface area contributed by atoms with Gasteiger partial charge in [0.05, 0.1) is 6.61 Å². The molecule has 0 unspecified atom stereocenters. The van der Waals surface area contributed by atoms with Crippen molar-refractivity contribution in [2.24, 2.45) is 0 Å². The molecule has 0 bridgehead atoms. The van der Waals surface area contributed by atoms with E-state index in [9.17, 15) is 9.59 Å². The number of aromatic nitrogens is 4. The molecule has 4 heterocycles. The summed E-state index contributed by atoms with van der Waals surface area (Å²) in [5.41, 5.74) is 3.95. The van der Waals surface area contributed by atoms with Crippen LogP contribution in [0, 0.1) is 0 Å². The Morgan fingerprint density at radius 3 is 0.937 bits per heavy atom. The SMILES string of the molecule is CC(=O)O.CC(=O)O.CNC(=O)c1ccc(N(c2ccccn2)c2ccccn2)cc1.CNC(=O)c1ccc(N(c2ccccn2)c2ccccn2)cc1.OCc1ccccc1.[Pd]. The van der Waals surface area contributed by atoms with Crippen LogP contribution in [-0.2, 0) is 36.6 Å². The summed E-state index contributed by atoms with van der Waals surface area (Å²) in [4.78, 5) is 62.9. The van der Waals surface area contributed by atoms with Crippen LogP contribution in [0.25, 0.3) is 0 Å². The fourth-order valence-corrected chi connectivity index (χ4v) is 5.10. The number of hydrogen-bond acceptors (Lipinski definition) is 11. The number of anilines is 6. The van der Waals surface area contributed by atoms with Gasteiger partial charge in [-0.1, -0.05) is 54.6 Å². The number of carboxylic acid groups (broad SMARTS) is 2. The van der Waals surface area contributed by atoms with Gasteiger partial charge in [0.15, 0.2) is 0 Å². The van der Waals surface area contributed by atoms with Crippen molar-refractivity contribution in [3.63, 3.8) is 0 Å². The predicted octanol–water partition coefficient (Wildman–Crippen LogP) is 7.97. The van der Waals surface area contributed by atoms with Gasteiger partial charge in [-0.3, -0.25) is 29.0 Å². The second kappa shape index (κ2) is 28.8. The van der Waals surface area contributed by atoms with Crippen LogP contribution in [-0.4, -0.2) is 73.1 Å². The van der Waals surface area contributed by atoms with E-state index in [0.717, 1.165) is 54.1 Å². The van der Waals surface area contributed by atoms with Gasteiger partial charge in [0, 0.05) is 95.7 Å². The van der Waals surface area contributed by atoms with Crippen LogP contribution in [0.3, 0.4) is 0 Å². The molecule has 0 fully saturated rings. The summed E-state index contributed by atoms with van der Waals surface area (Å²) in [7, 11) is 3.23. The third-order valence-corrected chi connectivity index (χ3v) is 7.77. The van der Waals surface area contributed by atoms with Crippen LogP contribution in [0.2, 0.25) is 0 Å². The smallest absolute Gasteiger partial charge is 0.300 e. The Kier molecular flexibility index (Phi) is 23.5. The molecule has 15 nitrogen and oxygen atoms in total.